The highest BCUT2D eigenvalue weighted by atomic mass is 19.1. The molecular weight excluding hydrogens is 255 g/mol. The molecule has 0 aromatic heterocycles. The van der Waals surface area contributed by atoms with Crippen LogP contribution in [-0.4, -0.2) is 38.2 Å². The summed E-state index contributed by atoms with van der Waals surface area (Å²) < 4.78 is 19.8. The highest BCUT2D eigenvalue weighted by molar-refractivity contribution is 5.34. The van der Waals surface area contributed by atoms with Gasteiger partial charge >= 0.3 is 0 Å². The Morgan fingerprint density at radius 3 is 2.45 bits per heavy atom. The third-order valence-electron chi connectivity index (χ3n) is 3.84. The molecule has 1 aromatic rings. The van der Waals surface area contributed by atoms with Crippen LogP contribution in [0.3, 0.4) is 0 Å². The van der Waals surface area contributed by atoms with Crippen LogP contribution >= 0.6 is 0 Å². The minimum Gasteiger partial charge on any atom is -0.494 e. The summed E-state index contributed by atoms with van der Waals surface area (Å²) in [6.07, 6.45) is 0. The van der Waals surface area contributed by atoms with Crippen LogP contribution in [0.4, 0.5) is 4.39 Å². The number of rotatable bonds is 3. The van der Waals surface area contributed by atoms with Crippen molar-refractivity contribution < 1.29 is 9.13 Å². The summed E-state index contributed by atoms with van der Waals surface area (Å²) in [5.41, 5.74) is 0.698. The number of hydrogen-bond donors (Lipinski definition) is 1. The zero-order chi connectivity index (χ0) is 14.8. The molecule has 112 valence electrons. The van der Waals surface area contributed by atoms with Crippen LogP contribution in [0.15, 0.2) is 18.2 Å². The molecule has 4 heteroatoms. The highest BCUT2D eigenvalue weighted by Gasteiger charge is 2.34. The smallest absolute Gasteiger partial charge is 0.169 e. The zero-order valence-corrected chi connectivity index (χ0v) is 12.9. The van der Waals surface area contributed by atoms with Crippen LogP contribution in [-0.2, 0) is 0 Å². The minimum absolute atomic E-state index is 0.0372. The summed E-state index contributed by atoms with van der Waals surface area (Å²) >= 11 is 0. The molecule has 1 fully saturated rings. The quantitative estimate of drug-likeness (QED) is 0.921. The monoisotopic (exact) mass is 280 g/mol. The van der Waals surface area contributed by atoms with Gasteiger partial charge in [-0.05, 0) is 11.5 Å². The number of methoxy groups -OCH3 is 1. The van der Waals surface area contributed by atoms with Crippen molar-refractivity contribution in [1.29, 1.82) is 0 Å². The van der Waals surface area contributed by atoms with E-state index in [2.05, 4.69) is 31.0 Å². The largest absolute Gasteiger partial charge is 0.494 e. The fourth-order valence-corrected chi connectivity index (χ4v) is 3.05. The summed E-state index contributed by atoms with van der Waals surface area (Å²) in [7, 11) is 1.51. The average molecular weight is 280 g/mol. The molecule has 1 N–H and O–H groups in total. The van der Waals surface area contributed by atoms with Gasteiger partial charge in [-0.15, -0.1) is 0 Å². The van der Waals surface area contributed by atoms with Crippen LogP contribution < -0.4 is 10.1 Å². The third kappa shape index (κ3) is 3.13. The Bertz CT molecular complexity index is 450. The number of nitrogens with zero attached hydrogens (tertiary/aromatic N) is 1. The SMILES string of the molecule is COc1cccc([C@H](N2CCNCC2)C(C)(C)C)c1F. The van der Waals surface area contributed by atoms with Gasteiger partial charge in [0.15, 0.2) is 11.6 Å². The molecule has 0 bridgehead atoms. The van der Waals surface area contributed by atoms with Crippen molar-refractivity contribution >= 4 is 0 Å². The molecule has 0 amide bonds. The van der Waals surface area contributed by atoms with Crippen molar-refractivity contribution in [2.24, 2.45) is 5.41 Å². The van der Waals surface area contributed by atoms with Crippen molar-refractivity contribution in [3.8, 4) is 5.75 Å². The summed E-state index contributed by atoms with van der Waals surface area (Å²) in [6.45, 7) is 10.3. The lowest BCUT2D eigenvalue weighted by molar-refractivity contribution is 0.0830. The first-order valence-corrected chi connectivity index (χ1v) is 7.22. The molecule has 3 nitrogen and oxygen atoms in total. The summed E-state index contributed by atoms with van der Waals surface area (Å²) in [5, 5.41) is 3.35. The summed E-state index contributed by atoms with van der Waals surface area (Å²) in [5.74, 6) is 0.0975. The second kappa shape index (κ2) is 6.10. The highest BCUT2D eigenvalue weighted by Crippen LogP contribution is 2.40. The van der Waals surface area contributed by atoms with E-state index in [1.807, 2.05) is 12.1 Å². The molecule has 0 aliphatic carbocycles. The van der Waals surface area contributed by atoms with Gasteiger partial charge in [0.25, 0.3) is 0 Å². The maximum absolute atomic E-state index is 14.6. The van der Waals surface area contributed by atoms with Gasteiger partial charge in [-0.2, -0.15) is 0 Å². The molecular formula is C16H25FN2O. The second-order valence-corrected chi connectivity index (χ2v) is 6.42. The first-order valence-electron chi connectivity index (χ1n) is 7.22. The average Bonchev–Trinajstić information content (AvgIpc) is 2.41. The number of benzene rings is 1. The van der Waals surface area contributed by atoms with Gasteiger partial charge in [-0.3, -0.25) is 4.90 Å². The van der Waals surface area contributed by atoms with Crippen molar-refractivity contribution in [3.63, 3.8) is 0 Å². The molecule has 0 saturated carbocycles. The normalized spacial score (nSPS) is 18.9. The molecule has 0 spiro atoms. The van der Waals surface area contributed by atoms with Gasteiger partial charge in [0.2, 0.25) is 0 Å². The van der Waals surface area contributed by atoms with Gasteiger partial charge in [0.1, 0.15) is 0 Å². The number of piperazine rings is 1. The Labute approximate surface area is 121 Å². The van der Waals surface area contributed by atoms with Crippen molar-refractivity contribution in [2.75, 3.05) is 33.3 Å². The van der Waals surface area contributed by atoms with E-state index in [4.69, 9.17) is 4.74 Å². The molecule has 1 heterocycles. The van der Waals surface area contributed by atoms with Crippen LogP contribution in [0.2, 0.25) is 0 Å². The molecule has 1 aliphatic rings. The van der Waals surface area contributed by atoms with Crippen molar-refractivity contribution in [1.82, 2.24) is 10.2 Å². The van der Waals surface area contributed by atoms with Gasteiger partial charge in [-0.1, -0.05) is 32.9 Å². The Kier molecular flexibility index (Phi) is 4.66. The second-order valence-electron chi connectivity index (χ2n) is 6.42. The Morgan fingerprint density at radius 2 is 1.90 bits per heavy atom. The van der Waals surface area contributed by atoms with E-state index in [1.54, 1.807) is 6.07 Å². The summed E-state index contributed by atoms with van der Waals surface area (Å²) in [6, 6.07) is 5.49. The molecule has 1 saturated heterocycles. The number of ether oxygens (including phenoxy) is 1. The molecule has 0 unspecified atom stereocenters. The Hall–Kier alpha value is -1.13. The fourth-order valence-electron chi connectivity index (χ4n) is 3.05. The van der Waals surface area contributed by atoms with Gasteiger partial charge < -0.3 is 10.1 Å². The lowest BCUT2D eigenvalue weighted by Crippen LogP contribution is -2.48. The van der Waals surface area contributed by atoms with Crippen LogP contribution in [0.25, 0.3) is 0 Å². The molecule has 2 rings (SSSR count). The maximum Gasteiger partial charge on any atom is 0.169 e. The van der Waals surface area contributed by atoms with Gasteiger partial charge in [-0.25, -0.2) is 4.39 Å². The molecule has 0 radical (unpaired) electrons. The predicted molar refractivity (Wildman–Crippen MR) is 79.6 cm³/mol. The molecule has 20 heavy (non-hydrogen) atoms. The lowest BCUT2D eigenvalue weighted by Gasteiger charge is -2.42. The number of halogens is 1. The predicted octanol–water partition coefficient (Wildman–Crippen LogP) is 2.83. The summed E-state index contributed by atoms with van der Waals surface area (Å²) in [4.78, 5) is 2.37. The lowest BCUT2D eigenvalue weighted by atomic mass is 9.80. The number of hydrogen-bond acceptors (Lipinski definition) is 3. The van der Waals surface area contributed by atoms with Gasteiger partial charge in [0.05, 0.1) is 7.11 Å². The van der Waals surface area contributed by atoms with Gasteiger partial charge in [0, 0.05) is 37.8 Å². The third-order valence-corrected chi connectivity index (χ3v) is 3.84. The van der Waals surface area contributed by atoms with E-state index < -0.39 is 0 Å². The zero-order valence-electron chi connectivity index (χ0n) is 12.9. The van der Waals surface area contributed by atoms with E-state index in [-0.39, 0.29) is 17.3 Å². The standard InChI is InChI=1S/C16H25FN2O/c1-16(2,3)15(19-10-8-18-9-11-19)12-6-5-7-13(20-4)14(12)17/h5-7,15,18H,8-11H2,1-4H3/t15-/m0/s1. The van der Waals surface area contributed by atoms with E-state index >= 15 is 0 Å². The van der Waals surface area contributed by atoms with E-state index in [1.165, 1.54) is 7.11 Å². The van der Waals surface area contributed by atoms with E-state index in [0.717, 1.165) is 31.7 Å². The van der Waals surface area contributed by atoms with Crippen LogP contribution in [0, 0.1) is 11.2 Å². The van der Waals surface area contributed by atoms with E-state index in [0.29, 0.717) is 5.75 Å². The maximum atomic E-state index is 14.6. The molecule has 1 atom stereocenters. The van der Waals surface area contributed by atoms with Crippen molar-refractivity contribution in [2.45, 2.75) is 26.8 Å². The molecule has 1 aliphatic heterocycles. The fraction of sp³-hybridized carbons (Fsp3) is 0.625. The topological polar surface area (TPSA) is 24.5 Å². The van der Waals surface area contributed by atoms with Crippen molar-refractivity contribution in [3.05, 3.63) is 29.6 Å². The molecule has 1 aromatic carbocycles. The first kappa shape index (κ1) is 15.3. The Balaban J connectivity index is 2.41. The Morgan fingerprint density at radius 1 is 1.25 bits per heavy atom. The number of nitrogens with one attached hydrogen (secondary N) is 1. The minimum atomic E-state index is -0.228. The van der Waals surface area contributed by atoms with E-state index in [9.17, 15) is 4.39 Å². The van der Waals surface area contributed by atoms with Crippen LogP contribution in [0.5, 0.6) is 5.75 Å². The van der Waals surface area contributed by atoms with Crippen LogP contribution in [0.1, 0.15) is 32.4 Å². The first-order chi connectivity index (χ1) is 9.45.